The fourth-order valence-corrected chi connectivity index (χ4v) is 5.34. The average molecular weight is 491 g/mol. The highest BCUT2D eigenvalue weighted by molar-refractivity contribution is 7.98. The molecule has 10 heteroatoms. The van der Waals surface area contributed by atoms with Crippen molar-refractivity contribution >= 4 is 56.6 Å². The molecular formula is C20H24Cl2N2O4S2. The Labute approximate surface area is 191 Å². The van der Waals surface area contributed by atoms with Crippen LogP contribution in [0, 0.1) is 0 Å². The van der Waals surface area contributed by atoms with Gasteiger partial charge in [-0.25, -0.2) is 8.42 Å². The molecule has 0 aliphatic rings. The molecular weight excluding hydrogens is 467 g/mol. The number of anilines is 1. The molecule has 164 valence electrons. The molecule has 1 atom stereocenters. The lowest BCUT2D eigenvalue weighted by Crippen LogP contribution is -2.48. The highest BCUT2D eigenvalue weighted by Gasteiger charge is 2.28. The number of thioether (sulfide) groups is 1. The van der Waals surface area contributed by atoms with Crippen molar-refractivity contribution in [3.63, 3.8) is 0 Å². The zero-order valence-corrected chi connectivity index (χ0v) is 20.0. The topological polar surface area (TPSA) is 75.7 Å². The van der Waals surface area contributed by atoms with Gasteiger partial charge in [-0.05, 0) is 48.9 Å². The number of rotatable bonds is 10. The fourth-order valence-electron chi connectivity index (χ4n) is 2.75. The summed E-state index contributed by atoms with van der Waals surface area (Å²) in [6.45, 7) is 1.96. The van der Waals surface area contributed by atoms with Crippen LogP contribution in [0.5, 0.6) is 5.75 Å². The van der Waals surface area contributed by atoms with E-state index in [2.05, 4.69) is 5.32 Å². The number of carbonyl (C=O) groups excluding carboxylic acids is 1. The molecule has 0 bridgehead atoms. The number of carbonyl (C=O) groups is 1. The molecule has 2 aromatic rings. The van der Waals surface area contributed by atoms with Crippen molar-refractivity contribution in [3.8, 4) is 5.75 Å². The molecule has 0 radical (unpaired) electrons. The molecule has 0 spiro atoms. The lowest BCUT2D eigenvalue weighted by Gasteiger charge is -2.28. The number of methoxy groups -OCH3 is 1. The fraction of sp³-hybridized carbons (Fsp3) is 0.350. The van der Waals surface area contributed by atoms with Gasteiger partial charge in [-0.1, -0.05) is 29.3 Å². The second-order valence-corrected chi connectivity index (χ2v) is 10.3. The summed E-state index contributed by atoms with van der Waals surface area (Å²) in [6.07, 6.45) is 1.08. The van der Waals surface area contributed by atoms with Crippen LogP contribution in [0.3, 0.4) is 0 Å². The highest BCUT2D eigenvalue weighted by Crippen LogP contribution is 2.25. The van der Waals surface area contributed by atoms with E-state index in [-0.39, 0.29) is 5.91 Å². The van der Waals surface area contributed by atoms with E-state index in [1.165, 1.54) is 7.11 Å². The predicted octanol–water partition coefficient (Wildman–Crippen LogP) is 4.21. The zero-order chi connectivity index (χ0) is 22.3. The summed E-state index contributed by atoms with van der Waals surface area (Å²) < 4.78 is 30.8. The van der Waals surface area contributed by atoms with E-state index in [0.29, 0.717) is 39.5 Å². The maximum Gasteiger partial charge on any atom is 0.243 e. The first-order chi connectivity index (χ1) is 14.1. The van der Waals surface area contributed by atoms with Gasteiger partial charge >= 0.3 is 0 Å². The molecule has 1 N–H and O–H groups in total. The number of halogens is 2. The largest absolute Gasteiger partial charge is 0.497 e. The molecule has 0 saturated heterocycles. The van der Waals surface area contributed by atoms with Crippen molar-refractivity contribution in [3.05, 3.63) is 58.1 Å². The van der Waals surface area contributed by atoms with E-state index >= 15 is 0 Å². The Balaban J connectivity index is 1.91. The van der Waals surface area contributed by atoms with Crippen LogP contribution in [0.2, 0.25) is 10.0 Å². The van der Waals surface area contributed by atoms with E-state index < -0.39 is 16.1 Å². The second-order valence-electron chi connectivity index (χ2n) is 6.51. The standard InChI is InChI=1S/C20H24Cl2N2O4S2/c1-14(24(30(3,26)27)17-6-8-18(28-2)9-7-17)20(25)23-10-11-29-13-15-4-5-16(21)12-19(15)22/h4-9,12,14H,10-11,13H2,1-3H3,(H,23,25). The summed E-state index contributed by atoms with van der Waals surface area (Å²) in [5.41, 5.74) is 1.36. The SMILES string of the molecule is COc1ccc(N(C(C)C(=O)NCCSCc2ccc(Cl)cc2Cl)S(C)(=O)=O)cc1. The third kappa shape index (κ3) is 6.97. The molecule has 0 fully saturated rings. The lowest BCUT2D eigenvalue weighted by molar-refractivity contribution is -0.121. The van der Waals surface area contributed by atoms with Gasteiger partial charge in [-0.15, -0.1) is 0 Å². The number of hydrogen-bond acceptors (Lipinski definition) is 5. The summed E-state index contributed by atoms with van der Waals surface area (Å²) in [5, 5.41) is 3.99. The monoisotopic (exact) mass is 490 g/mol. The predicted molar refractivity (Wildman–Crippen MR) is 125 cm³/mol. The first-order valence-electron chi connectivity index (χ1n) is 9.06. The number of nitrogens with zero attached hydrogens (tertiary/aromatic N) is 1. The summed E-state index contributed by atoms with van der Waals surface area (Å²) in [4.78, 5) is 12.6. The van der Waals surface area contributed by atoms with Crippen LogP contribution < -0.4 is 14.4 Å². The summed E-state index contributed by atoms with van der Waals surface area (Å²) in [6, 6.07) is 11.0. The average Bonchev–Trinajstić information content (AvgIpc) is 2.68. The van der Waals surface area contributed by atoms with Crippen molar-refractivity contribution in [2.75, 3.05) is 30.0 Å². The van der Waals surface area contributed by atoms with Gasteiger partial charge in [0.1, 0.15) is 11.8 Å². The van der Waals surface area contributed by atoms with E-state index in [1.807, 2.05) is 6.07 Å². The van der Waals surface area contributed by atoms with Crippen LogP contribution >= 0.6 is 35.0 Å². The Morgan fingerprint density at radius 3 is 2.43 bits per heavy atom. The van der Waals surface area contributed by atoms with Gasteiger partial charge in [0.15, 0.2) is 0 Å². The van der Waals surface area contributed by atoms with Crippen LogP contribution in [0.15, 0.2) is 42.5 Å². The van der Waals surface area contributed by atoms with Crippen molar-refractivity contribution in [2.24, 2.45) is 0 Å². The Bertz CT molecular complexity index is 969. The number of benzene rings is 2. The number of ether oxygens (including phenoxy) is 1. The summed E-state index contributed by atoms with van der Waals surface area (Å²) in [7, 11) is -2.13. The normalized spacial score (nSPS) is 12.3. The van der Waals surface area contributed by atoms with Crippen molar-refractivity contribution in [1.29, 1.82) is 0 Å². The summed E-state index contributed by atoms with van der Waals surface area (Å²) >= 11 is 13.6. The van der Waals surface area contributed by atoms with Crippen molar-refractivity contribution < 1.29 is 17.9 Å². The number of hydrogen-bond donors (Lipinski definition) is 1. The maximum atomic E-state index is 12.6. The van der Waals surface area contributed by atoms with E-state index in [4.69, 9.17) is 27.9 Å². The number of sulfonamides is 1. The van der Waals surface area contributed by atoms with Crippen molar-refractivity contribution in [1.82, 2.24) is 5.32 Å². The van der Waals surface area contributed by atoms with Gasteiger partial charge in [0.25, 0.3) is 0 Å². The molecule has 2 aromatic carbocycles. The molecule has 2 rings (SSSR count). The quantitative estimate of drug-likeness (QED) is 0.504. The van der Waals surface area contributed by atoms with Crippen molar-refractivity contribution in [2.45, 2.75) is 18.7 Å². The molecule has 30 heavy (non-hydrogen) atoms. The number of amides is 1. The first kappa shape index (κ1) is 24.7. The van der Waals surface area contributed by atoms with Gasteiger partial charge in [0.2, 0.25) is 15.9 Å². The van der Waals surface area contributed by atoms with Gasteiger partial charge in [-0.2, -0.15) is 11.8 Å². The van der Waals surface area contributed by atoms with Crippen LogP contribution in [0.1, 0.15) is 12.5 Å². The van der Waals surface area contributed by atoms with Crippen LogP contribution in [0.25, 0.3) is 0 Å². The van der Waals surface area contributed by atoms with Gasteiger partial charge < -0.3 is 10.1 Å². The molecule has 0 saturated carbocycles. The van der Waals surface area contributed by atoms with E-state index in [9.17, 15) is 13.2 Å². The van der Waals surface area contributed by atoms with Crippen LogP contribution in [0.4, 0.5) is 5.69 Å². The first-order valence-corrected chi connectivity index (χ1v) is 12.8. The minimum absolute atomic E-state index is 0.374. The maximum absolute atomic E-state index is 12.6. The minimum atomic E-state index is -3.66. The Hall–Kier alpha value is -1.61. The van der Waals surface area contributed by atoms with Crippen LogP contribution in [-0.2, 0) is 20.6 Å². The van der Waals surface area contributed by atoms with Gasteiger partial charge in [0.05, 0.1) is 19.1 Å². The third-order valence-corrected chi connectivity index (χ3v) is 7.07. The van der Waals surface area contributed by atoms with Gasteiger partial charge in [0, 0.05) is 28.1 Å². The molecule has 6 nitrogen and oxygen atoms in total. The lowest BCUT2D eigenvalue weighted by atomic mass is 10.2. The third-order valence-electron chi connectivity index (χ3n) is 4.23. The van der Waals surface area contributed by atoms with E-state index in [0.717, 1.165) is 16.1 Å². The zero-order valence-electron chi connectivity index (χ0n) is 16.9. The Morgan fingerprint density at radius 2 is 1.87 bits per heavy atom. The molecule has 0 heterocycles. The van der Waals surface area contributed by atoms with Gasteiger partial charge in [-0.3, -0.25) is 9.10 Å². The Morgan fingerprint density at radius 1 is 1.20 bits per heavy atom. The molecule has 0 aliphatic carbocycles. The summed E-state index contributed by atoms with van der Waals surface area (Å²) in [5.74, 6) is 1.56. The molecule has 0 aromatic heterocycles. The van der Waals surface area contributed by atoms with E-state index in [1.54, 1.807) is 55.1 Å². The van der Waals surface area contributed by atoms with Crippen LogP contribution in [-0.4, -0.2) is 46.0 Å². The smallest absolute Gasteiger partial charge is 0.243 e. The number of nitrogens with one attached hydrogen (secondary N) is 1. The Kier molecular flexibility index (Phi) is 9.15. The molecule has 1 unspecified atom stereocenters. The minimum Gasteiger partial charge on any atom is -0.497 e. The second kappa shape index (κ2) is 11.1. The highest BCUT2D eigenvalue weighted by atomic mass is 35.5. The molecule has 1 amide bonds. The molecule has 0 aliphatic heterocycles.